The minimum Gasteiger partial charge on any atom is -0.486 e. The van der Waals surface area contributed by atoms with Crippen molar-refractivity contribution in [1.29, 1.82) is 0 Å². The minimum absolute atomic E-state index is 0.576. The number of nitrogens with zero attached hydrogens (tertiary/aromatic N) is 3. The Morgan fingerprint density at radius 1 is 1.08 bits per heavy atom. The molecule has 0 fully saturated rings. The molecule has 6 heteroatoms. The van der Waals surface area contributed by atoms with Gasteiger partial charge in [-0.25, -0.2) is 4.98 Å². The maximum absolute atomic E-state index is 5.85. The summed E-state index contributed by atoms with van der Waals surface area (Å²) in [4.78, 5) is 7.09. The quantitative estimate of drug-likeness (QED) is 0.715. The number of benzene rings is 2. The third-order valence-electron chi connectivity index (χ3n) is 4.57. The van der Waals surface area contributed by atoms with Gasteiger partial charge in [0.1, 0.15) is 19.0 Å². The smallest absolute Gasteiger partial charge is 0.163 e. The number of nitrogen functional groups attached to an aromatic ring is 1. The highest BCUT2D eigenvalue weighted by Crippen LogP contribution is 2.36. The largest absolute Gasteiger partial charge is 0.486 e. The molecule has 0 radical (unpaired) electrons. The van der Waals surface area contributed by atoms with Gasteiger partial charge in [0.15, 0.2) is 11.5 Å². The first-order valence-corrected chi connectivity index (χ1v) is 8.92. The molecule has 0 saturated carbocycles. The average Bonchev–Trinajstić information content (AvgIpc) is 2.98. The Kier molecular flexibility index (Phi) is 4.42. The summed E-state index contributed by atoms with van der Waals surface area (Å²) >= 11 is 0. The highest BCUT2D eigenvalue weighted by Gasteiger charge is 2.19. The molecule has 2 heterocycles. The summed E-state index contributed by atoms with van der Waals surface area (Å²) in [6.07, 6.45) is 1.04. The van der Waals surface area contributed by atoms with E-state index in [0.717, 1.165) is 59.1 Å². The third kappa shape index (κ3) is 3.20. The number of ether oxygens (including phenoxy) is 2. The maximum atomic E-state index is 5.85. The average molecular weight is 352 g/mol. The lowest BCUT2D eigenvalue weighted by Crippen LogP contribution is -2.16. The van der Waals surface area contributed by atoms with Crippen LogP contribution in [0.25, 0.3) is 22.4 Å². The van der Waals surface area contributed by atoms with Crippen molar-refractivity contribution in [3.63, 3.8) is 0 Å². The van der Waals surface area contributed by atoms with Crippen LogP contribution in [0.5, 0.6) is 11.5 Å². The van der Waals surface area contributed by atoms with Crippen LogP contribution in [-0.4, -0.2) is 48.3 Å². The molecule has 6 nitrogen and oxygen atoms in total. The summed E-state index contributed by atoms with van der Waals surface area (Å²) in [5.41, 5.74) is 9.65. The maximum Gasteiger partial charge on any atom is 0.163 e. The van der Waals surface area contributed by atoms with Crippen molar-refractivity contribution in [2.75, 3.05) is 39.6 Å². The predicted molar refractivity (Wildman–Crippen MR) is 104 cm³/mol. The van der Waals surface area contributed by atoms with Crippen molar-refractivity contribution in [3.8, 4) is 22.9 Å². The zero-order valence-electron chi connectivity index (χ0n) is 15.2. The molecular formula is C20H24N4O2. The second kappa shape index (κ2) is 6.88. The summed E-state index contributed by atoms with van der Waals surface area (Å²) in [6.45, 7) is 3.06. The molecule has 0 spiro atoms. The van der Waals surface area contributed by atoms with E-state index in [1.54, 1.807) is 0 Å². The first-order valence-electron chi connectivity index (χ1n) is 8.92. The number of fused-ring (bicyclic) bond motifs is 2. The van der Waals surface area contributed by atoms with Gasteiger partial charge in [0.25, 0.3) is 0 Å². The monoisotopic (exact) mass is 352 g/mol. The van der Waals surface area contributed by atoms with Gasteiger partial charge in [0, 0.05) is 29.9 Å². The van der Waals surface area contributed by atoms with Gasteiger partial charge < -0.3 is 24.7 Å². The molecular weight excluding hydrogens is 328 g/mol. The Labute approximate surface area is 153 Å². The number of aromatic nitrogens is 2. The lowest BCUT2D eigenvalue weighted by atomic mass is 10.2. The second-order valence-corrected chi connectivity index (χ2v) is 6.85. The fraction of sp³-hybridized carbons (Fsp3) is 0.350. The number of hydrogen-bond acceptors (Lipinski definition) is 5. The number of nitrogens with two attached hydrogens (primary N) is 1. The van der Waals surface area contributed by atoms with Crippen LogP contribution in [0.15, 0.2) is 36.4 Å². The number of anilines is 1. The zero-order chi connectivity index (χ0) is 18.1. The first kappa shape index (κ1) is 16.7. The van der Waals surface area contributed by atoms with Crippen molar-refractivity contribution in [2.45, 2.75) is 13.0 Å². The van der Waals surface area contributed by atoms with E-state index in [1.165, 1.54) is 0 Å². The van der Waals surface area contributed by atoms with Crippen LogP contribution in [0.1, 0.15) is 6.42 Å². The predicted octanol–water partition coefficient (Wildman–Crippen LogP) is 3.01. The molecule has 4 rings (SSSR count). The van der Waals surface area contributed by atoms with Gasteiger partial charge in [-0.2, -0.15) is 0 Å². The Morgan fingerprint density at radius 2 is 1.77 bits per heavy atom. The standard InChI is InChI=1S/C20H24N4O2/c1-23(2)8-3-9-24-17-13-19-18(25-10-11-26-19)12-16(17)22-20(24)14-4-6-15(21)7-5-14/h4-7,12-13H,3,8-11,21H2,1-2H3. The van der Waals surface area contributed by atoms with E-state index in [4.69, 9.17) is 20.2 Å². The van der Waals surface area contributed by atoms with Crippen LogP contribution < -0.4 is 15.2 Å². The molecule has 0 aliphatic carbocycles. The zero-order valence-corrected chi connectivity index (χ0v) is 15.2. The number of imidazole rings is 1. The molecule has 0 atom stereocenters. The second-order valence-electron chi connectivity index (χ2n) is 6.85. The fourth-order valence-electron chi connectivity index (χ4n) is 3.29. The highest BCUT2D eigenvalue weighted by atomic mass is 16.6. The number of hydrogen-bond donors (Lipinski definition) is 1. The number of aryl methyl sites for hydroxylation is 1. The van der Waals surface area contributed by atoms with E-state index in [1.807, 2.05) is 36.4 Å². The summed E-state index contributed by atoms with van der Waals surface area (Å²) in [7, 11) is 4.18. The molecule has 1 aliphatic heterocycles. The third-order valence-corrected chi connectivity index (χ3v) is 4.57. The van der Waals surface area contributed by atoms with Crippen molar-refractivity contribution < 1.29 is 9.47 Å². The summed E-state index contributed by atoms with van der Waals surface area (Å²) in [5, 5.41) is 0. The van der Waals surface area contributed by atoms with Gasteiger partial charge in [-0.3, -0.25) is 0 Å². The number of rotatable bonds is 5. The molecule has 0 bridgehead atoms. The van der Waals surface area contributed by atoms with Crippen molar-refractivity contribution >= 4 is 16.7 Å². The van der Waals surface area contributed by atoms with E-state index in [9.17, 15) is 0 Å². The Balaban J connectivity index is 1.81. The highest BCUT2D eigenvalue weighted by molar-refractivity contribution is 5.84. The van der Waals surface area contributed by atoms with Crippen molar-refractivity contribution in [2.24, 2.45) is 0 Å². The van der Waals surface area contributed by atoms with Crippen LogP contribution >= 0.6 is 0 Å². The molecule has 2 aromatic carbocycles. The topological polar surface area (TPSA) is 65.5 Å². The molecule has 0 amide bonds. The van der Waals surface area contributed by atoms with E-state index >= 15 is 0 Å². The molecule has 1 aliphatic rings. The molecule has 1 aromatic heterocycles. The van der Waals surface area contributed by atoms with Crippen LogP contribution in [-0.2, 0) is 6.54 Å². The summed E-state index contributed by atoms with van der Waals surface area (Å²) < 4.78 is 13.8. The van der Waals surface area contributed by atoms with Crippen LogP contribution in [0.3, 0.4) is 0 Å². The van der Waals surface area contributed by atoms with Gasteiger partial charge in [-0.05, 0) is 51.3 Å². The fourth-order valence-corrected chi connectivity index (χ4v) is 3.29. The lowest BCUT2D eigenvalue weighted by molar-refractivity contribution is 0.172. The molecule has 26 heavy (non-hydrogen) atoms. The molecule has 2 N–H and O–H groups in total. The molecule has 0 saturated heterocycles. The lowest BCUT2D eigenvalue weighted by Gasteiger charge is -2.18. The van der Waals surface area contributed by atoms with Crippen molar-refractivity contribution in [3.05, 3.63) is 36.4 Å². The van der Waals surface area contributed by atoms with Gasteiger partial charge in [0.2, 0.25) is 0 Å². The normalized spacial score (nSPS) is 13.5. The summed E-state index contributed by atoms with van der Waals surface area (Å²) in [5.74, 6) is 2.51. The Hall–Kier alpha value is -2.73. The Bertz CT molecular complexity index is 916. The SMILES string of the molecule is CN(C)CCCn1c(-c2ccc(N)cc2)nc2cc3c(cc21)OCCO3. The summed E-state index contributed by atoms with van der Waals surface area (Å²) in [6, 6.07) is 11.9. The van der Waals surface area contributed by atoms with Crippen LogP contribution in [0.2, 0.25) is 0 Å². The van der Waals surface area contributed by atoms with Crippen LogP contribution in [0.4, 0.5) is 5.69 Å². The molecule has 0 unspecified atom stereocenters. The van der Waals surface area contributed by atoms with Gasteiger partial charge in [0.05, 0.1) is 11.0 Å². The Morgan fingerprint density at radius 3 is 2.46 bits per heavy atom. The van der Waals surface area contributed by atoms with E-state index < -0.39 is 0 Å². The van der Waals surface area contributed by atoms with E-state index in [0.29, 0.717) is 13.2 Å². The van der Waals surface area contributed by atoms with Gasteiger partial charge in [-0.1, -0.05) is 0 Å². The first-order chi connectivity index (χ1) is 12.6. The van der Waals surface area contributed by atoms with Gasteiger partial charge in [-0.15, -0.1) is 0 Å². The van der Waals surface area contributed by atoms with Crippen molar-refractivity contribution in [1.82, 2.24) is 14.5 Å². The molecule has 3 aromatic rings. The van der Waals surface area contributed by atoms with E-state index in [2.05, 4.69) is 23.6 Å². The van der Waals surface area contributed by atoms with E-state index in [-0.39, 0.29) is 0 Å². The van der Waals surface area contributed by atoms with Gasteiger partial charge >= 0.3 is 0 Å². The van der Waals surface area contributed by atoms with Crippen LogP contribution in [0, 0.1) is 0 Å². The minimum atomic E-state index is 0.576. The molecule has 136 valence electrons.